The lowest BCUT2D eigenvalue weighted by molar-refractivity contribution is 0.266. The first-order chi connectivity index (χ1) is 14.6. The fourth-order valence-corrected chi connectivity index (χ4v) is 5.47. The van der Waals surface area contributed by atoms with Crippen molar-refractivity contribution in [2.45, 2.75) is 15.8 Å². The van der Waals surface area contributed by atoms with E-state index >= 15 is 0 Å². The number of nitrogen functional groups attached to an aromatic ring is 1. The minimum absolute atomic E-state index is 0.0512. The maximum Gasteiger partial charge on any atom is 0.242 e. The van der Waals surface area contributed by atoms with Gasteiger partial charge in [0.1, 0.15) is 15.6 Å². The van der Waals surface area contributed by atoms with Gasteiger partial charge < -0.3 is 16.6 Å². The summed E-state index contributed by atoms with van der Waals surface area (Å²) in [6.07, 6.45) is 1.43. The van der Waals surface area contributed by atoms with E-state index in [9.17, 15) is 16.8 Å². The largest absolute Gasteiger partial charge is 0.395 e. The van der Waals surface area contributed by atoms with E-state index in [1.807, 2.05) is 0 Å². The van der Waals surface area contributed by atoms with Crippen molar-refractivity contribution in [3.8, 4) is 22.5 Å². The number of anilines is 1. The average Bonchev–Trinajstić information content (AvgIpc) is 3.25. The van der Waals surface area contributed by atoms with E-state index in [2.05, 4.69) is 30.3 Å². The van der Waals surface area contributed by atoms with Crippen molar-refractivity contribution in [1.82, 2.24) is 30.3 Å². The van der Waals surface area contributed by atoms with Gasteiger partial charge in [-0.25, -0.2) is 31.7 Å². The van der Waals surface area contributed by atoms with Crippen molar-refractivity contribution in [2.75, 3.05) is 18.9 Å². The van der Waals surface area contributed by atoms with Gasteiger partial charge in [-0.1, -0.05) is 6.07 Å². The molecule has 0 aliphatic carbocycles. The lowest BCUT2D eigenvalue weighted by Crippen LogP contribution is -2.39. The van der Waals surface area contributed by atoms with Gasteiger partial charge in [-0.2, -0.15) is 5.21 Å². The molecule has 0 aliphatic heterocycles. The fourth-order valence-electron chi connectivity index (χ4n) is 2.78. The predicted molar refractivity (Wildman–Crippen MR) is 109 cm³/mol. The number of nitrogens with zero attached hydrogens (tertiary/aromatic N) is 4. The minimum Gasteiger partial charge on any atom is -0.395 e. The Labute approximate surface area is 177 Å². The summed E-state index contributed by atoms with van der Waals surface area (Å²) in [5, 5.41) is 27.6. The molecule has 0 aliphatic rings. The highest BCUT2D eigenvalue weighted by Gasteiger charge is 2.32. The quantitative estimate of drug-likeness (QED) is 0.206. The molecule has 166 valence electrons. The highest BCUT2D eigenvalue weighted by atomic mass is 32.2. The van der Waals surface area contributed by atoms with Crippen LogP contribution in [0.25, 0.3) is 22.5 Å². The lowest BCUT2D eigenvalue weighted by Gasteiger charge is -2.17. The van der Waals surface area contributed by atoms with E-state index in [4.69, 9.17) is 21.7 Å². The maximum absolute atomic E-state index is 12.9. The first-order valence-electron chi connectivity index (χ1n) is 8.57. The van der Waals surface area contributed by atoms with Crippen LogP contribution >= 0.6 is 0 Å². The summed E-state index contributed by atoms with van der Waals surface area (Å²) in [4.78, 5) is 2.54. The number of hydrogen-bond donors (Lipinski definition) is 6. The van der Waals surface area contributed by atoms with Crippen LogP contribution in [0.15, 0.2) is 40.3 Å². The Balaban J connectivity index is 2.36. The summed E-state index contributed by atoms with van der Waals surface area (Å²) in [5.74, 6) is -0.179. The van der Waals surface area contributed by atoms with Crippen molar-refractivity contribution in [1.29, 1.82) is 0 Å². The number of aliphatic hydroxyl groups excluding tert-OH is 1. The Hall–Kier alpha value is -3.02. The van der Waals surface area contributed by atoms with Gasteiger partial charge in [0.25, 0.3) is 0 Å². The van der Waals surface area contributed by atoms with Crippen molar-refractivity contribution >= 4 is 25.9 Å². The number of rotatable bonds is 8. The molecule has 0 spiro atoms. The first-order valence-corrected chi connectivity index (χ1v) is 11.6. The molecule has 16 heteroatoms. The second-order valence-corrected chi connectivity index (χ2v) is 9.56. The van der Waals surface area contributed by atoms with Gasteiger partial charge in [-0.05, 0) is 29.0 Å². The number of H-pyrrole nitrogens is 1. The van der Waals surface area contributed by atoms with Gasteiger partial charge in [0, 0.05) is 24.3 Å². The molecule has 31 heavy (non-hydrogen) atoms. The molecule has 14 nitrogen and oxygen atoms in total. The summed E-state index contributed by atoms with van der Waals surface area (Å²) in [5.41, 5.74) is 11.7. The van der Waals surface area contributed by atoms with E-state index < -0.39 is 42.5 Å². The summed E-state index contributed by atoms with van der Waals surface area (Å²) in [6, 6.07) is 4.59. The van der Waals surface area contributed by atoms with E-state index in [1.165, 1.54) is 12.3 Å². The smallest absolute Gasteiger partial charge is 0.242 e. The molecule has 0 radical (unpaired) electrons. The Morgan fingerprint density at radius 1 is 1.16 bits per heavy atom. The van der Waals surface area contributed by atoms with Crippen molar-refractivity contribution < 1.29 is 21.9 Å². The van der Waals surface area contributed by atoms with Gasteiger partial charge in [0.15, 0.2) is 0 Å². The van der Waals surface area contributed by atoms with Crippen LogP contribution < -0.4 is 21.3 Å². The number of tetrazole rings is 1. The number of sulfonamides is 2. The molecule has 0 saturated carbocycles. The molecular weight excluding hydrogens is 450 g/mol. The Bertz CT molecular complexity index is 1290. The molecule has 1 unspecified atom stereocenters. The van der Waals surface area contributed by atoms with Crippen molar-refractivity contribution in [3.63, 3.8) is 0 Å². The number of aliphatic hydroxyl groups is 1. The summed E-state index contributed by atoms with van der Waals surface area (Å²) < 4.78 is 53.1. The van der Waals surface area contributed by atoms with Crippen LogP contribution in [-0.2, 0) is 20.0 Å². The highest BCUT2D eigenvalue weighted by Crippen LogP contribution is 2.39. The molecule has 0 fully saturated rings. The topological polar surface area (TPSA) is 246 Å². The highest BCUT2D eigenvalue weighted by molar-refractivity contribution is 7.92. The van der Waals surface area contributed by atoms with Crippen LogP contribution in [0.2, 0.25) is 0 Å². The van der Waals surface area contributed by atoms with Crippen LogP contribution in [0, 0.1) is 0 Å². The molecule has 0 bridgehead atoms. The van der Waals surface area contributed by atoms with Crippen molar-refractivity contribution in [3.05, 3.63) is 30.5 Å². The third-order valence-corrected chi connectivity index (χ3v) is 6.75. The van der Waals surface area contributed by atoms with Crippen molar-refractivity contribution in [2.24, 2.45) is 10.9 Å². The average molecular weight is 470 g/mol. The molecule has 1 atom stereocenters. The molecule has 0 amide bonds. The summed E-state index contributed by atoms with van der Waals surface area (Å²) >= 11 is 0. The molecular formula is C15H19N9O5S2. The zero-order chi connectivity index (χ0) is 22.8. The fraction of sp³-hybridized carbons (Fsp3) is 0.200. The van der Waals surface area contributed by atoms with Gasteiger partial charge in [-0.15, -0.1) is 10.2 Å². The first kappa shape index (κ1) is 22.7. The van der Waals surface area contributed by atoms with Crippen LogP contribution in [-0.4, -0.2) is 66.7 Å². The third-order valence-electron chi connectivity index (χ3n) is 4.16. The lowest BCUT2D eigenvalue weighted by atomic mass is 9.99. The Kier molecular flexibility index (Phi) is 6.30. The number of pyridine rings is 1. The SMILES string of the molecule is Nc1ncccc1-c1ccc(S(=O)(=O)NCC(N)CO)c(S(N)(=O)=O)c1-c1nn[nH]n1. The number of aromatic nitrogens is 5. The molecule has 3 rings (SSSR count). The van der Waals surface area contributed by atoms with Gasteiger partial charge >= 0.3 is 0 Å². The molecule has 9 N–H and O–H groups in total. The number of nitrogens with one attached hydrogen (secondary N) is 2. The van der Waals surface area contributed by atoms with Crippen LogP contribution in [0.3, 0.4) is 0 Å². The molecule has 1 aromatic carbocycles. The normalized spacial score (nSPS) is 13.3. The Morgan fingerprint density at radius 2 is 1.90 bits per heavy atom. The summed E-state index contributed by atoms with van der Waals surface area (Å²) in [6.45, 7) is -0.838. The Morgan fingerprint density at radius 3 is 2.48 bits per heavy atom. The van der Waals surface area contributed by atoms with Crippen LogP contribution in [0.1, 0.15) is 0 Å². The van der Waals surface area contributed by atoms with Crippen LogP contribution in [0.5, 0.6) is 0 Å². The van der Waals surface area contributed by atoms with E-state index in [1.54, 1.807) is 12.1 Å². The second-order valence-electron chi connectivity index (χ2n) is 6.33. The molecule has 2 heterocycles. The number of benzene rings is 1. The minimum atomic E-state index is -4.64. The standard InChI is InChI=1S/C15H19N9O5S2/c16-8(7-25)6-20-31(28,29)11-4-3-9(10-2-1-5-19-14(10)17)12(13(11)30(18,26)27)15-21-23-24-22-15/h1-5,8,20,25H,6-7,16H2,(H2,17,19)(H2,18,26,27)(H,21,22,23,24). The van der Waals surface area contributed by atoms with Gasteiger partial charge in [-0.3, -0.25) is 0 Å². The van der Waals surface area contributed by atoms with Crippen LogP contribution in [0.4, 0.5) is 5.82 Å². The zero-order valence-electron chi connectivity index (χ0n) is 15.8. The van der Waals surface area contributed by atoms with E-state index in [-0.39, 0.29) is 29.3 Å². The molecule has 0 saturated heterocycles. The summed E-state index contributed by atoms with van der Waals surface area (Å²) in [7, 11) is -9.08. The zero-order valence-corrected chi connectivity index (χ0v) is 17.4. The number of nitrogens with two attached hydrogens (primary N) is 3. The molecule has 3 aromatic rings. The monoisotopic (exact) mass is 469 g/mol. The predicted octanol–water partition coefficient (Wildman–Crippen LogP) is -2.24. The van der Waals surface area contributed by atoms with Gasteiger partial charge in [0.05, 0.1) is 12.2 Å². The third kappa shape index (κ3) is 4.68. The second kappa shape index (κ2) is 8.61. The number of aromatic amines is 1. The van der Waals surface area contributed by atoms with E-state index in [0.717, 1.165) is 6.07 Å². The number of primary sulfonamides is 1. The molecule has 2 aromatic heterocycles. The number of hydrogen-bond acceptors (Lipinski definition) is 11. The van der Waals surface area contributed by atoms with Gasteiger partial charge in [0.2, 0.25) is 25.9 Å². The maximum atomic E-state index is 12.9. The van der Waals surface area contributed by atoms with E-state index in [0.29, 0.717) is 5.56 Å².